The van der Waals surface area contributed by atoms with Crippen molar-refractivity contribution < 1.29 is 32.1 Å². The lowest BCUT2D eigenvalue weighted by Crippen LogP contribution is -2.53. The topological polar surface area (TPSA) is 81.7 Å². The van der Waals surface area contributed by atoms with Gasteiger partial charge in [0.15, 0.2) is 6.04 Å². The highest BCUT2D eigenvalue weighted by Crippen LogP contribution is 2.32. The molecule has 0 aromatic heterocycles. The van der Waals surface area contributed by atoms with Crippen molar-refractivity contribution >= 4 is 36.5 Å². The fraction of sp³-hybridized carbons (Fsp3) is 0.316. The van der Waals surface area contributed by atoms with Gasteiger partial charge in [-0.25, -0.2) is 9.18 Å². The van der Waals surface area contributed by atoms with Crippen molar-refractivity contribution in [1.82, 2.24) is 0 Å². The van der Waals surface area contributed by atoms with E-state index in [1.807, 2.05) is 0 Å². The number of quaternary nitrogens is 1. The molecule has 28 heavy (non-hydrogen) atoms. The molecule has 1 N–H and O–H groups in total. The summed E-state index contributed by atoms with van der Waals surface area (Å²) in [6.07, 6.45) is 3.17. The molecule has 1 fully saturated rings. The SMILES string of the molecule is C=CCOC(=O)c1cc(NC(=O)[C@@H]2CCC[N+]2(S)C(=O)OCC=C)ccc1F. The normalized spacial score (nSPS) is 20.9. The molecule has 1 unspecified atom stereocenters. The van der Waals surface area contributed by atoms with Crippen LogP contribution in [0.5, 0.6) is 0 Å². The van der Waals surface area contributed by atoms with Crippen LogP contribution in [0, 0.1) is 5.82 Å². The van der Waals surface area contributed by atoms with Crippen LogP contribution in [0.2, 0.25) is 0 Å². The zero-order valence-corrected chi connectivity index (χ0v) is 16.1. The second kappa shape index (κ2) is 9.52. The van der Waals surface area contributed by atoms with E-state index < -0.39 is 33.7 Å². The smallest absolute Gasteiger partial charge is 0.458 e. The first-order valence-corrected chi connectivity index (χ1v) is 9.00. The van der Waals surface area contributed by atoms with Crippen molar-refractivity contribution in [3.8, 4) is 0 Å². The van der Waals surface area contributed by atoms with Gasteiger partial charge in [0.1, 0.15) is 25.6 Å². The van der Waals surface area contributed by atoms with E-state index in [9.17, 15) is 18.8 Å². The number of hydrogen-bond donors (Lipinski definition) is 2. The van der Waals surface area contributed by atoms with Crippen molar-refractivity contribution in [2.24, 2.45) is 0 Å². The first-order chi connectivity index (χ1) is 13.3. The van der Waals surface area contributed by atoms with Crippen molar-refractivity contribution in [2.75, 3.05) is 25.1 Å². The molecule has 1 aromatic rings. The summed E-state index contributed by atoms with van der Waals surface area (Å²) in [6.45, 7) is 7.18. The molecule has 2 amide bonds. The molecule has 7 nitrogen and oxygen atoms in total. The first kappa shape index (κ1) is 21.6. The summed E-state index contributed by atoms with van der Waals surface area (Å²) in [5, 5.41) is 2.60. The minimum Gasteiger partial charge on any atom is -0.458 e. The predicted molar refractivity (Wildman–Crippen MR) is 104 cm³/mol. The number of benzene rings is 1. The number of nitrogens with zero attached hydrogens (tertiary/aromatic N) is 1. The van der Waals surface area contributed by atoms with Gasteiger partial charge in [0.05, 0.1) is 18.4 Å². The van der Waals surface area contributed by atoms with Gasteiger partial charge in [-0.15, -0.1) is 0 Å². The number of carbonyl (C=O) groups is 3. The molecule has 1 aliphatic heterocycles. The minimum atomic E-state index is -0.873. The summed E-state index contributed by atoms with van der Waals surface area (Å²) in [7, 11) is 0. The number of thiol groups is 1. The van der Waals surface area contributed by atoms with Gasteiger partial charge in [0.2, 0.25) is 0 Å². The Bertz CT molecular complexity index is 801. The molecule has 1 aliphatic rings. The minimum absolute atomic E-state index is 0.0157. The third-order valence-corrected chi connectivity index (χ3v) is 4.86. The average molecular weight is 409 g/mol. The van der Waals surface area contributed by atoms with E-state index in [0.29, 0.717) is 19.4 Å². The third kappa shape index (κ3) is 4.79. The highest BCUT2D eigenvalue weighted by molar-refractivity contribution is 7.74. The summed E-state index contributed by atoms with van der Waals surface area (Å²) in [6, 6.07) is 2.75. The van der Waals surface area contributed by atoms with Crippen LogP contribution in [-0.4, -0.2) is 47.7 Å². The quantitative estimate of drug-likeness (QED) is 0.313. The number of ether oxygens (including phenoxy) is 2. The lowest BCUT2D eigenvalue weighted by Gasteiger charge is -2.28. The molecule has 2 rings (SSSR count). The number of anilines is 1. The molecular weight excluding hydrogens is 387 g/mol. The Kier molecular flexibility index (Phi) is 7.36. The van der Waals surface area contributed by atoms with E-state index in [1.54, 1.807) is 0 Å². The molecule has 0 aliphatic carbocycles. The van der Waals surface area contributed by atoms with Crippen LogP contribution in [0.4, 0.5) is 14.9 Å². The molecule has 0 radical (unpaired) electrons. The molecule has 0 saturated carbocycles. The fourth-order valence-corrected chi connectivity index (χ4v) is 3.30. The second-order valence-electron chi connectivity index (χ2n) is 6.14. The summed E-state index contributed by atoms with van der Waals surface area (Å²) in [5.41, 5.74) is -0.119. The van der Waals surface area contributed by atoms with E-state index in [4.69, 9.17) is 9.47 Å². The van der Waals surface area contributed by atoms with Crippen LogP contribution < -0.4 is 5.32 Å². The van der Waals surface area contributed by atoms with E-state index in [-0.39, 0.29) is 24.5 Å². The molecular formula is C19H22FN2O5S+. The van der Waals surface area contributed by atoms with E-state index in [2.05, 4.69) is 31.3 Å². The number of amides is 2. The molecule has 1 heterocycles. The Balaban J connectivity index is 2.15. The van der Waals surface area contributed by atoms with Gasteiger partial charge in [0.25, 0.3) is 5.91 Å². The fourth-order valence-electron chi connectivity index (χ4n) is 2.88. The van der Waals surface area contributed by atoms with Crippen molar-refractivity contribution in [2.45, 2.75) is 18.9 Å². The standard InChI is InChI=1S/C19H21FN2O5S/c1-3-10-26-18(24)14-12-13(7-8-15(14)20)21-17(23)16-6-5-9-22(16,28)19(25)27-11-4-2/h3-4,7-8,12,16,28H,1-2,5-6,9-11H2/p+1/t16-,22?/m0/s1. The zero-order chi connectivity index (χ0) is 20.7. The third-order valence-electron chi connectivity index (χ3n) is 4.22. The van der Waals surface area contributed by atoms with E-state index >= 15 is 0 Å². The van der Waals surface area contributed by atoms with E-state index in [1.165, 1.54) is 24.3 Å². The Morgan fingerprint density at radius 2 is 1.93 bits per heavy atom. The molecule has 1 aromatic carbocycles. The van der Waals surface area contributed by atoms with Gasteiger partial charge in [-0.3, -0.25) is 4.79 Å². The van der Waals surface area contributed by atoms with Crippen LogP contribution in [0.3, 0.4) is 0 Å². The van der Waals surface area contributed by atoms with Gasteiger partial charge in [-0.1, -0.05) is 25.3 Å². The lowest BCUT2D eigenvalue weighted by atomic mass is 10.1. The first-order valence-electron chi connectivity index (χ1n) is 8.60. The van der Waals surface area contributed by atoms with Crippen molar-refractivity contribution in [3.63, 3.8) is 0 Å². The van der Waals surface area contributed by atoms with Gasteiger partial charge < -0.3 is 14.8 Å². The van der Waals surface area contributed by atoms with Crippen molar-refractivity contribution in [3.05, 3.63) is 54.9 Å². The molecule has 150 valence electrons. The number of hydrogen-bond acceptors (Lipinski definition) is 6. The number of carbonyl (C=O) groups excluding carboxylic acids is 3. The zero-order valence-electron chi connectivity index (χ0n) is 15.2. The maximum absolute atomic E-state index is 13.9. The maximum atomic E-state index is 13.9. The summed E-state index contributed by atoms with van der Waals surface area (Å²) >= 11 is 4.38. The van der Waals surface area contributed by atoms with Crippen LogP contribution in [-0.2, 0) is 14.3 Å². The number of likely N-dealkylation sites (tertiary alicyclic amines) is 1. The monoisotopic (exact) mass is 409 g/mol. The second-order valence-corrected chi connectivity index (χ2v) is 6.86. The number of nitrogens with one attached hydrogen (secondary N) is 1. The van der Waals surface area contributed by atoms with Gasteiger partial charge >= 0.3 is 12.1 Å². The summed E-state index contributed by atoms with van der Waals surface area (Å²) in [4.78, 5) is 36.9. The highest BCUT2D eigenvalue weighted by atomic mass is 32.1. The summed E-state index contributed by atoms with van der Waals surface area (Å²) < 4.78 is 23.3. The van der Waals surface area contributed by atoms with Crippen LogP contribution in [0.1, 0.15) is 23.2 Å². The van der Waals surface area contributed by atoms with Crippen LogP contribution >= 0.6 is 12.8 Å². The number of rotatable bonds is 7. The Morgan fingerprint density at radius 3 is 2.61 bits per heavy atom. The Hall–Kier alpha value is -2.65. The van der Waals surface area contributed by atoms with E-state index in [0.717, 1.165) is 6.07 Å². The molecule has 0 spiro atoms. The van der Waals surface area contributed by atoms with Gasteiger partial charge in [0, 0.05) is 18.5 Å². The molecule has 9 heteroatoms. The number of esters is 1. The highest BCUT2D eigenvalue weighted by Gasteiger charge is 2.52. The molecule has 2 atom stereocenters. The number of halogens is 1. The van der Waals surface area contributed by atoms with Crippen molar-refractivity contribution in [1.29, 1.82) is 0 Å². The average Bonchev–Trinajstić information content (AvgIpc) is 3.08. The van der Waals surface area contributed by atoms with Gasteiger partial charge in [-0.2, -0.15) is 8.68 Å². The Morgan fingerprint density at radius 1 is 1.25 bits per heavy atom. The Labute approximate surface area is 167 Å². The molecule has 0 bridgehead atoms. The van der Waals surface area contributed by atoms with Gasteiger partial charge in [-0.05, 0) is 18.2 Å². The maximum Gasteiger partial charge on any atom is 0.528 e. The van der Waals surface area contributed by atoms with Crippen LogP contribution in [0.25, 0.3) is 0 Å². The largest absolute Gasteiger partial charge is 0.528 e. The lowest BCUT2D eigenvalue weighted by molar-refractivity contribution is -0.718. The molecule has 1 saturated heterocycles. The van der Waals surface area contributed by atoms with Crippen LogP contribution in [0.15, 0.2) is 43.5 Å². The predicted octanol–water partition coefficient (Wildman–Crippen LogP) is 3.25. The summed E-state index contributed by atoms with van der Waals surface area (Å²) in [5.74, 6) is -2.14.